The van der Waals surface area contributed by atoms with Crippen LogP contribution < -0.4 is 0 Å². The van der Waals surface area contributed by atoms with E-state index in [4.69, 9.17) is 4.74 Å². The Morgan fingerprint density at radius 1 is 1.38 bits per heavy atom. The highest BCUT2D eigenvalue weighted by Crippen LogP contribution is 2.18. The molecule has 96 valence electrons. The fourth-order valence-electron chi connectivity index (χ4n) is 1.40. The molecule has 0 aromatic carbocycles. The minimum absolute atomic E-state index is 0.0161. The average molecular weight is 241 g/mol. The topological polar surface area (TPSA) is 29.5 Å². The molecule has 3 nitrogen and oxygen atoms in total. The van der Waals surface area contributed by atoms with Crippen LogP contribution in [0.1, 0.15) is 27.2 Å². The molecule has 0 spiro atoms. The molecule has 0 rings (SSSR count). The first-order chi connectivity index (χ1) is 7.30. The van der Waals surface area contributed by atoms with Gasteiger partial charge in [0, 0.05) is 6.04 Å². The van der Waals surface area contributed by atoms with Gasteiger partial charge in [0.2, 0.25) is 0 Å². The van der Waals surface area contributed by atoms with E-state index in [0.29, 0.717) is 0 Å². The zero-order valence-corrected chi connectivity index (χ0v) is 9.80. The van der Waals surface area contributed by atoms with Crippen LogP contribution in [-0.2, 0) is 9.53 Å². The van der Waals surface area contributed by atoms with Gasteiger partial charge in [-0.25, -0.2) is 0 Å². The third kappa shape index (κ3) is 6.66. The van der Waals surface area contributed by atoms with E-state index in [2.05, 4.69) is 0 Å². The van der Waals surface area contributed by atoms with Crippen molar-refractivity contribution >= 4 is 5.97 Å². The van der Waals surface area contributed by atoms with Crippen molar-refractivity contribution in [1.82, 2.24) is 4.90 Å². The van der Waals surface area contributed by atoms with Gasteiger partial charge in [-0.15, -0.1) is 0 Å². The molecule has 0 aliphatic carbocycles. The number of esters is 1. The highest BCUT2D eigenvalue weighted by molar-refractivity contribution is 5.70. The van der Waals surface area contributed by atoms with Gasteiger partial charge in [0.15, 0.2) is 0 Å². The largest absolute Gasteiger partial charge is 0.466 e. The van der Waals surface area contributed by atoms with Crippen molar-refractivity contribution in [1.29, 1.82) is 0 Å². The Hall–Kier alpha value is -0.780. The lowest BCUT2D eigenvalue weighted by atomic mass is 10.2. The summed E-state index contributed by atoms with van der Waals surface area (Å²) in [6.07, 6.45) is -4.25. The molecule has 0 N–H and O–H groups in total. The number of halogens is 3. The summed E-state index contributed by atoms with van der Waals surface area (Å²) in [5.74, 6) is -0.462. The summed E-state index contributed by atoms with van der Waals surface area (Å²) in [5.41, 5.74) is 0. The molecule has 0 saturated heterocycles. The second-order valence-electron chi connectivity index (χ2n) is 3.54. The van der Waals surface area contributed by atoms with Crippen molar-refractivity contribution in [3.05, 3.63) is 0 Å². The lowest BCUT2D eigenvalue weighted by Crippen LogP contribution is -2.41. The molecule has 0 aliphatic rings. The number of nitrogens with zero attached hydrogens (tertiary/aromatic N) is 1. The number of carbonyl (C=O) groups is 1. The Bertz CT molecular complexity index is 219. The van der Waals surface area contributed by atoms with Gasteiger partial charge in [0.25, 0.3) is 0 Å². The molecule has 6 heteroatoms. The summed E-state index contributed by atoms with van der Waals surface area (Å²) < 4.78 is 41.2. The quantitative estimate of drug-likeness (QED) is 0.668. The standard InChI is InChI=1S/C10H18F3NO2/c1-4-14(7-10(11,12)13)8(3)6-9(15)16-5-2/h8H,4-7H2,1-3H3. The van der Waals surface area contributed by atoms with E-state index in [-0.39, 0.29) is 19.6 Å². The van der Waals surface area contributed by atoms with Gasteiger partial charge in [-0.05, 0) is 20.4 Å². The highest BCUT2D eigenvalue weighted by Gasteiger charge is 2.32. The number of alkyl halides is 3. The maximum atomic E-state index is 12.2. The van der Waals surface area contributed by atoms with Crippen LogP contribution in [0.2, 0.25) is 0 Å². The van der Waals surface area contributed by atoms with Crippen LogP contribution in [0.3, 0.4) is 0 Å². The van der Waals surface area contributed by atoms with Crippen LogP contribution in [0.25, 0.3) is 0 Å². The molecule has 0 aliphatic heterocycles. The van der Waals surface area contributed by atoms with E-state index < -0.39 is 24.7 Å². The van der Waals surface area contributed by atoms with Crippen LogP contribution in [-0.4, -0.2) is 42.8 Å². The maximum Gasteiger partial charge on any atom is 0.401 e. The van der Waals surface area contributed by atoms with Gasteiger partial charge >= 0.3 is 12.1 Å². The first-order valence-electron chi connectivity index (χ1n) is 5.26. The third-order valence-electron chi connectivity index (χ3n) is 2.18. The molecule has 1 unspecified atom stereocenters. The minimum atomic E-state index is -4.24. The SMILES string of the molecule is CCOC(=O)CC(C)N(CC)CC(F)(F)F. The molecule has 0 aromatic heterocycles. The molecule has 0 saturated carbocycles. The Morgan fingerprint density at radius 3 is 2.31 bits per heavy atom. The summed E-state index contributed by atoms with van der Waals surface area (Å²) in [6, 6.07) is -0.467. The predicted octanol–water partition coefficient (Wildman–Crippen LogP) is 2.21. The van der Waals surface area contributed by atoms with Crippen molar-refractivity contribution in [3.8, 4) is 0 Å². The molecule has 0 aromatic rings. The number of hydrogen-bond donors (Lipinski definition) is 0. The molecule has 0 heterocycles. The van der Waals surface area contributed by atoms with Gasteiger partial charge in [-0.1, -0.05) is 6.92 Å². The fraction of sp³-hybridized carbons (Fsp3) is 0.900. The van der Waals surface area contributed by atoms with E-state index in [1.807, 2.05) is 0 Å². The Morgan fingerprint density at radius 2 is 1.94 bits per heavy atom. The normalized spacial score (nSPS) is 13.9. The van der Waals surface area contributed by atoms with Crippen LogP contribution >= 0.6 is 0 Å². The number of carbonyl (C=O) groups excluding carboxylic acids is 1. The zero-order chi connectivity index (χ0) is 12.8. The van der Waals surface area contributed by atoms with Gasteiger partial charge in [-0.2, -0.15) is 13.2 Å². The lowest BCUT2D eigenvalue weighted by molar-refractivity contribution is -0.156. The molecular weight excluding hydrogens is 223 g/mol. The molecule has 0 fully saturated rings. The highest BCUT2D eigenvalue weighted by atomic mass is 19.4. The lowest BCUT2D eigenvalue weighted by Gasteiger charge is -2.27. The van der Waals surface area contributed by atoms with Crippen LogP contribution in [0, 0.1) is 0 Å². The van der Waals surface area contributed by atoms with Crippen molar-refractivity contribution in [2.24, 2.45) is 0 Å². The first-order valence-corrected chi connectivity index (χ1v) is 5.26. The van der Waals surface area contributed by atoms with Gasteiger partial charge in [0.05, 0.1) is 19.6 Å². The molecule has 0 radical (unpaired) electrons. The minimum Gasteiger partial charge on any atom is -0.466 e. The second kappa shape index (κ2) is 6.73. The smallest absolute Gasteiger partial charge is 0.401 e. The summed E-state index contributed by atoms with van der Waals surface area (Å²) in [6.45, 7) is 4.39. The molecule has 0 amide bonds. The van der Waals surface area contributed by atoms with E-state index >= 15 is 0 Å². The van der Waals surface area contributed by atoms with Gasteiger partial charge < -0.3 is 4.74 Å². The van der Waals surface area contributed by atoms with Crippen LogP contribution in [0.5, 0.6) is 0 Å². The molecular formula is C10H18F3NO2. The summed E-state index contributed by atoms with van der Waals surface area (Å²) in [5, 5.41) is 0. The van der Waals surface area contributed by atoms with Gasteiger partial charge in [0.1, 0.15) is 0 Å². The van der Waals surface area contributed by atoms with E-state index in [1.54, 1.807) is 20.8 Å². The maximum absolute atomic E-state index is 12.2. The predicted molar refractivity (Wildman–Crippen MR) is 54.0 cm³/mol. The van der Waals surface area contributed by atoms with Gasteiger partial charge in [-0.3, -0.25) is 9.69 Å². The van der Waals surface area contributed by atoms with Crippen molar-refractivity contribution in [2.45, 2.75) is 39.4 Å². The van der Waals surface area contributed by atoms with E-state index in [9.17, 15) is 18.0 Å². The molecule has 16 heavy (non-hydrogen) atoms. The third-order valence-corrected chi connectivity index (χ3v) is 2.18. The number of ether oxygens (including phenoxy) is 1. The summed E-state index contributed by atoms with van der Waals surface area (Å²) in [7, 11) is 0. The van der Waals surface area contributed by atoms with Crippen LogP contribution in [0.15, 0.2) is 0 Å². The average Bonchev–Trinajstić information content (AvgIpc) is 2.12. The second-order valence-corrected chi connectivity index (χ2v) is 3.54. The number of hydrogen-bond acceptors (Lipinski definition) is 3. The Kier molecular flexibility index (Phi) is 6.40. The Labute approximate surface area is 93.6 Å². The fourth-order valence-corrected chi connectivity index (χ4v) is 1.40. The molecule has 1 atom stereocenters. The Balaban J connectivity index is 4.20. The summed E-state index contributed by atoms with van der Waals surface area (Å²) >= 11 is 0. The first kappa shape index (κ1) is 15.2. The van der Waals surface area contributed by atoms with Crippen LogP contribution in [0.4, 0.5) is 13.2 Å². The van der Waals surface area contributed by atoms with E-state index in [1.165, 1.54) is 4.90 Å². The van der Waals surface area contributed by atoms with Crippen molar-refractivity contribution in [2.75, 3.05) is 19.7 Å². The van der Waals surface area contributed by atoms with E-state index in [0.717, 1.165) is 0 Å². The summed E-state index contributed by atoms with van der Waals surface area (Å²) in [4.78, 5) is 12.3. The molecule has 0 bridgehead atoms. The zero-order valence-electron chi connectivity index (χ0n) is 9.80. The number of rotatable bonds is 6. The van der Waals surface area contributed by atoms with Crippen molar-refractivity contribution in [3.63, 3.8) is 0 Å². The monoisotopic (exact) mass is 241 g/mol. The van der Waals surface area contributed by atoms with Crippen molar-refractivity contribution < 1.29 is 22.7 Å².